The third kappa shape index (κ3) is 3.05. The van der Waals surface area contributed by atoms with Gasteiger partial charge in [-0.25, -0.2) is 4.99 Å². The first-order valence-electron chi connectivity index (χ1n) is 3.79. The molecule has 0 spiro atoms. The Kier molecular flexibility index (Phi) is 3.29. The second kappa shape index (κ2) is 4.26. The molecule has 1 heterocycles. The first kappa shape index (κ1) is 9.26. The number of carboxylic acids is 1. The molecule has 0 saturated carbocycles. The minimum absolute atomic E-state index is 0.194. The van der Waals surface area contributed by atoms with Crippen molar-refractivity contribution >= 4 is 22.7 Å². The lowest BCUT2D eigenvalue weighted by Crippen LogP contribution is -2.07. The van der Waals surface area contributed by atoms with E-state index in [1.54, 1.807) is 6.20 Å². The lowest BCUT2D eigenvalue weighted by molar-refractivity contribution is -0.137. The zero-order valence-corrected chi connectivity index (χ0v) is 7.29. The van der Waals surface area contributed by atoms with Crippen LogP contribution in [0.15, 0.2) is 17.3 Å². The molecule has 3 nitrogen and oxygen atoms in total. The number of hydrogen-bond donors (Lipinski definition) is 1. The monoisotopic (exact) mass is 187 g/mol. The van der Waals surface area contributed by atoms with Gasteiger partial charge in [-0.2, -0.15) is 0 Å². The Bertz CT molecular complexity index is 235. The number of carbonyl (C=O) groups is 1. The maximum atomic E-state index is 10.2. The normalized spacial score (nSPS) is 22.1. The minimum Gasteiger partial charge on any atom is -0.481 e. The summed E-state index contributed by atoms with van der Waals surface area (Å²) in [6, 6.07) is 0. The fraction of sp³-hybridized carbons (Fsp3) is 0.500. The SMILES string of the molecule is O=C(O)CCC1C=CN=C(Cl)C1. The lowest BCUT2D eigenvalue weighted by Gasteiger charge is -2.12. The van der Waals surface area contributed by atoms with Crippen molar-refractivity contribution in [2.24, 2.45) is 10.9 Å². The van der Waals surface area contributed by atoms with Crippen LogP contribution in [0.1, 0.15) is 19.3 Å². The predicted molar refractivity (Wildman–Crippen MR) is 47.4 cm³/mol. The first-order chi connectivity index (χ1) is 5.68. The zero-order chi connectivity index (χ0) is 8.97. The van der Waals surface area contributed by atoms with E-state index in [4.69, 9.17) is 16.7 Å². The van der Waals surface area contributed by atoms with Gasteiger partial charge in [0.05, 0.1) is 0 Å². The molecule has 0 aromatic carbocycles. The average molecular weight is 188 g/mol. The molecule has 12 heavy (non-hydrogen) atoms. The van der Waals surface area contributed by atoms with Crippen LogP contribution in [0.2, 0.25) is 0 Å². The van der Waals surface area contributed by atoms with Crippen molar-refractivity contribution in [2.45, 2.75) is 19.3 Å². The van der Waals surface area contributed by atoms with Gasteiger partial charge >= 0.3 is 5.97 Å². The van der Waals surface area contributed by atoms with Crippen LogP contribution >= 0.6 is 11.6 Å². The second-order valence-electron chi connectivity index (χ2n) is 2.74. The molecule has 0 saturated heterocycles. The van der Waals surface area contributed by atoms with Crippen LogP contribution in [-0.4, -0.2) is 16.2 Å². The van der Waals surface area contributed by atoms with Gasteiger partial charge in [-0.05, 0) is 12.3 Å². The van der Waals surface area contributed by atoms with Crippen molar-refractivity contribution < 1.29 is 9.90 Å². The molecule has 4 heteroatoms. The van der Waals surface area contributed by atoms with Crippen molar-refractivity contribution in [2.75, 3.05) is 0 Å². The van der Waals surface area contributed by atoms with Crippen LogP contribution in [0.5, 0.6) is 0 Å². The number of rotatable bonds is 3. The third-order valence-corrected chi connectivity index (χ3v) is 1.98. The van der Waals surface area contributed by atoms with Gasteiger partial charge in [0.15, 0.2) is 0 Å². The van der Waals surface area contributed by atoms with E-state index in [2.05, 4.69) is 4.99 Å². The largest absolute Gasteiger partial charge is 0.481 e. The van der Waals surface area contributed by atoms with Crippen molar-refractivity contribution in [3.05, 3.63) is 12.3 Å². The summed E-state index contributed by atoms with van der Waals surface area (Å²) >= 11 is 5.68. The van der Waals surface area contributed by atoms with Crippen LogP contribution in [0.25, 0.3) is 0 Å². The summed E-state index contributed by atoms with van der Waals surface area (Å²) in [5, 5.41) is 8.99. The van der Waals surface area contributed by atoms with Crippen LogP contribution in [0.4, 0.5) is 0 Å². The Morgan fingerprint density at radius 1 is 1.83 bits per heavy atom. The molecule has 0 aromatic heterocycles. The molecule has 1 aliphatic heterocycles. The molecule has 0 amide bonds. The van der Waals surface area contributed by atoms with Gasteiger partial charge in [-0.15, -0.1) is 0 Å². The van der Waals surface area contributed by atoms with Gasteiger partial charge in [0, 0.05) is 19.0 Å². The van der Waals surface area contributed by atoms with E-state index >= 15 is 0 Å². The number of nitrogens with zero attached hydrogens (tertiary/aromatic N) is 1. The van der Waals surface area contributed by atoms with Crippen LogP contribution in [0, 0.1) is 5.92 Å². The van der Waals surface area contributed by atoms with Crippen LogP contribution in [0.3, 0.4) is 0 Å². The van der Waals surface area contributed by atoms with E-state index in [0.717, 1.165) is 0 Å². The summed E-state index contributed by atoms with van der Waals surface area (Å²) < 4.78 is 0. The summed E-state index contributed by atoms with van der Waals surface area (Å²) in [6.45, 7) is 0. The van der Waals surface area contributed by atoms with E-state index in [1.807, 2.05) is 6.08 Å². The number of aliphatic imine (C=N–C) groups is 1. The smallest absolute Gasteiger partial charge is 0.303 e. The molecule has 0 radical (unpaired) electrons. The highest BCUT2D eigenvalue weighted by Gasteiger charge is 2.12. The highest BCUT2D eigenvalue weighted by Crippen LogP contribution is 2.19. The van der Waals surface area contributed by atoms with Gasteiger partial charge in [-0.1, -0.05) is 17.7 Å². The fourth-order valence-electron chi connectivity index (χ4n) is 1.09. The summed E-state index contributed by atoms with van der Waals surface area (Å²) in [7, 11) is 0. The second-order valence-corrected chi connectivity index (χ2v) is 3.18. The van der Waals surface area contributed by atoms with Gasteiger partial charge in [0.1, 0.15) is 5.17 Å². The highest BCUT2D eigenvalue weighted by molar-refractivity contribution is 6.65. The lowest BCUT2D eigenvalue weighted by atomic mass is 9.99. The summed E-state index contributed by atoms with van der Waals surface area (Å²) in [5.41, 5.74) is 0. The minimum atomic E-state index is -0.762. The Labute approximate surface area is 75.8 Å². The van der Waals surface area contributed by atoms with Crippen molar-refractivity contribution in [1.29, 1.82) is 0 Å². The number of halogens is 1. The predicted octanol–water partition coefficient (Wildman–Crippen LogP) is 2.02. The van der Waals surface area contributed by atoms with Gasteiger partial charge in [-0.3, -0.25) is 4.79 Å². The topological polar surface area (TPSA) is 49.7 Å². The molecular weight excluding hydrogens is 178 g/mol. The molecule has 0 aliphatic carbocycles. The molecule has 0 bridgehead atoms. The number of aliphatic carboxylic acids is 1. The average Bonchev–Trinajstić information content (AvgIpc) is 2.01. The van der Waals surface area contributed by atoms with Gasteiger partial charge in [0.2, 0.25) is 0 Å². The van der Waals surface area contributed by atoms with E-state index in [-0.39, 0.29) is 12.3 Å². The van der Waals surface area contributed by atoms with Crippen LogP contribution in [-0.2, 0) is 4.79 Å². The number of carboxylic acid groups (broad SMARTS) is 1. The Hall–Kier alpha value is -0.830. The van der Waals surface area contributed by atoms with Crippen molar-refractivity contribution in [1.82, 2.24) is 0 Å². The van der Waals surface area contributed by atoms with E-state index in [1.165, 1.54) is 0 Å². The van der Waals surface area contributed by atoms with Crippen molar-refractivity contribution in [3.63, 3.8) is 0 Å². The molecule has 1 atom stereocenters. The number of allylic oxidation sites excluding steroid dienone is 1. The Balaban J connectivity index is 2.32. The molecule has 66 valence electrons. The molecular formula is C8H10ClNO2. The van der Waals surface area contributed by atoms with E-state index in [0.29, 0.717) is 18.0 Å². The Morgan fingerprint density at radius 2 is 2.58 bits per heavy atom. The maximum Gasteiger partial charge on any atom is 0.303 e. The maximum absolute atomic E-state index is 10.2. The van der Waals surface area contributed by atoms with E-state index in [9.17, 15) is 4.79 Å². The van der Waals surface area contributed by atoms with Crippen molar-refractivity contribution in [3.8, 4) is 0 Å². The Morgan fingerprint density at radius 3 is 3.17 bits per heavy atom. The first-order valence-corrected chi connectivity index (χ1v) is 4.17. The molecule has 1 rings (SSSR count). The summed E-state index contributed by atoms with van der Waals surface area (Å²) in [6.07, 6.45) is 5.04. The zero-order valence-electron chi connectivity index (χ0n) is 6.53. The molecule has 1 unspecified atom stereocenters. The highest BCUT2D eigenvalue weighted by atomic mass is 35.5. The van der Waals surface area contributed by atoms with Gasteiger partial charge in [0.25, 0.3) is 0 Å². The summed E-state index contributed by atoms with van der Waals surface area (Å²) in [5.74, 6) is -0.520. The van der Waals surface area contributed by atoms with E-state index < -0.39 is 5.97 Å². The standard InChI is InChI=1S/C8H10ClNO2/c9-7-5-6(3-4-10-7)1-2-8(11)12/h3-4,6H,1-2,5H2,(H,11,12). The third-order valence-electron chi connectivity index (χ3n) is 1.73. The number of hydrogen-bond acceptors (Lipinski definition) is 2. The molecule has 1 N–H and O–H groups in total. The molecule has 1 aliphatic rings. The molecule has 0 fully saturated rings. The van der Waals surface area contributed by atoms with Gasteiger partial charge < -0.3 is 5.11 Å². The molecule has 0 aromatic rings. The quantitative estimate of drug-likeness (QED) is 0.735. The summed E-state index contributed by atoms with van der Waals surface area (Å²) in [4.78, 5) is 14.1. The fourth-order valence-corrected chi connectivity index (χ4v) is 1.34. The van der Waals surface area contributed by atoms with Crippen LogP contribution < -0.4 is 0 Å².